The summed E-state index contributed by atoms with van der Waals surface area (Å²) in [6.45, 7) is 2.80. The molecule has 0 aliphatic carbocycles. The highest BCUT2D eigenvalue weighted by Crippen LogP contribution is 2.24. The van der Waals surface area contributed by atoms with E-state index in [9.17, 15) is 4.79 Å². The van der Waals surface area contributed by atoms with Gasteiger partial charge in [-0.2, -0.15) is 0 Å². The Morgan fingerprint density at radius 1 is 1.50 bits per heavy atom. The Bertz CT molecular complexity index is 375. The van der Waals surface area contributed by atoms with Crippen LogP contribution in [0.3, 0.4) is 0 Å². The molecule has 1 aromatic rings. The summed E-state index contributed by atoms with van der Waals surface area (Å²) in [4.78, 5) is 11.6. The van der Waals surface area contributed by atoms with E-state index >= 15 is 0 Å². The maximum atomic E-state index is 11.6. The summed E-state index contributed by atoms with van der Waals surface area (Å²) in [6.07, 6.45) is 0.178. The highest BCUT2D eigenvalue weighted by atomic mass is 35.5. The molecule has 0 aliphatic heterocycles. The number of benzene rings is 1. The van der Waals surface area contributed by atoms with E-state index in [2.05, 4.69) is 5.32 Å². The molecular formula is C12H18Cl2N2O2. The molecule has 3 N–H and O–H groups in total. The second kappa shape index (κ2) is 9.03. The standard InChI is InChI=1S/C12H17ClN2O2.ClH/c1-9(12(16)15-8-4-7-14)17-11-6-3-2-5-10(11)13;/h2-3,5-6,9H,4,7-8,14H2,1H3,(H,15,16);1H. The Balaban J connectivity index is 0.00000289. The number of para-hydroxylation sites is 1. The van der Waals surface area contributed by atoms with Crippen LogP contribution in [-0.2, 0) is 4.79 Å². The first-order valence-corrected chi connectivity index (χ1v) is 5.92. The fourth-order valence-corrected chi connectivity index (χ4v) is 1.42. The molecule has 1 atom stereocenters. The second-order valence-corrected chi connectivity index (χ2v) is 4.03. The number of rotatable bonds is 6. The molecular weight excluding hydrogens is 275 g/mol. The monoisotopic (exact) mass is 292 g/mol. The summed E-state index contributed by atoms with van der Waals surface area (Å²) in [6, 6.07) is 7.06. The first-order chi connectivity index (χ1) is 8.15. The predicted octanol–water partition coefficient (Wildman–Crippen LogP) is 1.99. The molecule has 1 amide bonds. The highest BCUT2D eigenvalue weighted by Gasteiger charge is 2.14. The molecule has 0 bridgehead atoms. The van der Waals surface area contributed by atoms with Crippen molar-refractivity contribution in [2.45, 2.75) is 19.4 Å². The average Bonchev–Trinajstić information content (AvgIpc) is 2.32. The zero-order valence-corrected chi connectivity index (χ0v) is 11.8. The lowest BCUT2D eigenvalue weighted by Crippen LogP contribution is -2.37. The second-order valence-electron chi connectivity index (χ2n) is 3.62. The van der Waals surface area contributed by atoms with Crippen LogP contribution in [0.2, 0.25) is 5.02 Å². The number of carbonyl (C=O) groups is 1. The van der Waals surface area contributed by atoms with Crippen molar-refractivity contribution in [1.29, 1.82) is 0 Å². The molecule has 18 heavy (non-hydrogen) atoms. The molecule has 6 heteroatoms. The minimum Gasteiger partial charge on any atom is -0.479 e. The van der Waals surface area contributed by atoms with E-state index in [0.717, 1.165) is 6.42 Å². The molecule has 0 radical (unpaired) electrons. The van der Waals surface area contributed by atoms with E-state index in [1.54, 1.807) is 31.2 Å². The minimum atomic E-state index is -0.576. The first kappa shape index (κ1) is 17.0. The Labute approximate surface area is 118 Å². The highest BCUT2D eigenvalue weighted by molar-refractivity contribution is 6.32. The summed E-state index contributed by atoms with van der Waals surface area (Å²) in [5.74, 6) is 0.342. The number of ether oxygens (including phenoxy) is 1. The van der Waals surface area contributed by atoms with Crippen molar-refractivity contribution in [3.8, 4) is 5.75 Å². The van der Waals surface area contributed by atoms with Gasteiger partial charge in [0.15, 0.2) is 6.10 Å². The quantitative estimate of drug-likeness (QED) is 0.788. The third-order valence-corrected chi connectivity index (χ3v) is 2.50. The molecule has 1 rings (SSSR count). The molecule has 0 aliphatic rings. The fourth-order valence-electron chi connectivity index (χ4n) is 1.24. The smallest absolute Gasteiger partial charge is 0.260 e. The average molecular weight is 293 g/mol. The van der Waals surface area contributed by atoms with Gasteiger partial charge >= 0.3 is 0 Å². The molecule has 0 fully saturated rings. The Hall–Kier alpha value is -0.970. The molecule has 0 spiro atoms. The van der Waals surface area contributed by atoms with Crippen molar-refractivity contribution < 1.29 is 9.53 Å². The summed E-state index contributed by atoms with van der Waals surface area (Å²) in [5, 5.41) is 3.23. The first-order valence-electron chi connectivity index (χ1n) is 5.54. The van der Waals surface area contributed by atoms with Gasteiger partial charge in [0.05, 0.1) is 5.02 Å². The zero-order chi connectivity index (χ0) is 12.7. The summed E-state index contributed by atoms with van der Waals surface area (Å²) < 4.78 is 5.46. The van der Waals surface area contributed by atoms with Gasteiger partial charge in [-0.25, -0.2) is 0 Å². The molecule has 102 valence electrons. The van der Waals surface area contributed by atoms with Crippen LogP contribution in [0.1, 0.15) is 13.3 Å². The summed E-state index contributed by atoms with van der Waals surface area (Å²) >= 11 is 5.93. The lowest BCUT2D eigenvalue weighted by Gasteiger charge is -2.15. The van der Waals surface area contributed by atoms with Crippen molar-refractivity contribution in [1.82, 2.24) is 5.32 Å². The van der Waals surface area contributed by atoms with Crippen LogP contribution in [0.5, 0.6) is 5.75 Å². The number of hydrogen-bond acceptors (Lipinski definition) is 3. The normalized spacial score (nSPS) is 11.3. The molecule has 0 heterocycles. The van der Waals surface area contributed by atoms with Crippen LogP contribution in [0.25, 0.3) is 0 Å². The van der Waals surface area contributed by atoms with Gasteiger partial charge in [-0.3, -0.25) is 4.79 Å². The van der Waals surface area contributed by atoms with E-state index in [4.69, 9.17) is 22.1 Å². The van der Waals surface area contributed by atoms with Crippen molar-refractivity contribution in [3.05, 3.63) is 29.3 Å². The molecule has 0 aromatic heterocycles. The van der Waals surface area contributed by atoms with Crippen molar-refractivity contribution in [2.75, 3.05) is 13.1 Å². The van der Waals surface area contributed by atoms with Gasteiger partial charge in [-0.1, -0.05) is 23.7 Å². The number of hydrogen-bond donors (Lipinski definition) is 2. The van der Waals surface area contributed by atoms with Gasteiger partial charge in [0.25, 0.3) is 5.91 Å². The topological polar surface area (TPSA) is 64.3 Å². The SMILES string of the molecule is CC(Oc1ccccc1Cl)C(=O)NCCCN.Cl. The molecule has 0 saturated carbocycles. The van der Waals surface area contributed by atoms with Crippen LogP contribution in [0.15, 0.2) is 24.3 Å². The van der Waals surface area contributed by atoms with Gasteiger partial charge in [0.2, 0.25) is 0 Å². The van der Waals surface area contributed by atoms with Crippen molar-refractivity contribution in [3.63, 3.8) is 0 Å². The molecule has 1 unspecified atom stereocenters. The third kappa shape index (κ3) is 5.58. The lowest BCUT2D eigenvalue weighted by molar-refractivity contribution is -0.127. The molecule has 1 aromatic carbocycles. The van der Waals surface area contributed by atoms with E-state index in [1.807, 2.05) is 0 Å². The van der Waals surface area contributed by atoms with Crippen molar-refractivity contribution in [2.24, 2.45) is 5.73 Å². The maximum Gasteiger partial charge on any atom is 0.260 e. The van der Waals surface area contributed by atoms with E-state index < -0.39 is 6.10 Å². The molecule has 0 saturated heterocycles. The van der Waals surface area contributed by atoms with Crippen LogP contribution in [0, 0.1) is 0 Å². The summed E-state index contributed by atoms with van der Waals surface area (Å²) in [5.41, 5.74) is 5.33. The van der Waals surface area contributed by atoms with Gasteiger partial charge in [0, 0.05) is 6.54 Å². The number of nitrogens with one attached hydrogen (secondary N) is 1. The molecule has 4 nitrogen and oxygen atoms in total. The van der Waals surface area contributed by atoms with Crippen LogP contribution >= 0.6 is 24.0 Å². The van der Waals surface area contributed by atoms with E-state index in [-0.39, 0.29) is 18.3 Å². The van der Waals surface area contributed by atoms with E-state index in [0.29, 0.717) is 23.9 Å². The Morgan fingerprint density at radius 3 is 2.78 bits per heavy atom. The zero-order valence-electron chi connectivity index (χ0n) is 10.2. The number of amides is 1. The van der Waals surface area contributed by atoms with Gasteiger partial charge in [-0.15, -0.1) is 12.4 Å². The summed E-state index contributed by atoms with van der Waals surface area (Å²) in [7, 11) is 0. The van der Waals surface area contributed by atoms with Gasteiger partial charge in [-0.05, 0) is 32.0 Å². The number of carbonyl (C=O) groups excluding carboxylic acids is 1. The van der Waals surface area contributed by atoms with Crippen molar-refractivity contribution >= 4 is 29.9 Å². The third-order valence-electron chi connectivity index (χ3n) is 2.19. The maximum absolute atomic E-state index is 11.6. The van der Waals surface area contributed by atoms with E-state index in [1.165, 1.54) is 0 Å². The minimum absolute atomic E-state index is 0. The Kier molecular flexibility index (Phi) is 8.54. The Morgan fingerprint density at radius 2 is 2.17 bits per heavy atom. The number of halogens is 2. The lowest BCUT2D eigenvalue weighted by atomic mass is 10.3. The number of nitrogens with two attached hydrogens (primary N) is 1. The largest absolute Gasteiger partial charge is 0.479 e. The fraction of sp³-hybridized carbons (Fsp3) is 0.417. The van der Waals surface area contributed by atoms with Gasteiger partial charge < -0.3 is 15.8 Å². The van der Waals surface area contributed by atoms with Crippen LogP contribution in [0.4, 0.5) is 0 Å². The van der Waals surface area contributed by atoms with Gasteiger partial charge in [0.1, 0.15) is 5.75 Å². The predicted molar refractivity (Wildman–Crippen MR) is 75.5 cm³/mol. The van der Waals surface area contributed by atoms with Crippen LogP contribution in [-0.4, -0.2) is 25.1 Å². The van der Waals surface area contributed by atoms with Crippen LogP contribution < -0.4 is 15.8 Å².